The number of carboxylic acids is 1. The summed E-state index contributed by atoms with van der Waals surface area (Å²) in [6.45, 7) is 0.673. The first-order chi connectivity index (χ1) is 21.5. The number of rotatable bonds is 11. The number of hydrogen-bond acceptors (Lipinski definition) is 8. The number of fused-ring (bicyclic) bond motifs is 3. The van der Waals surface area contributed by atoms with Crippen LogP contribution in [0.5, 0.6) is 0 Å². The molecular formula is C32H30F3N3O7. The van der Waals surface area contributed by atoms with E-state index in [1.165, 1.54) is 0 Å². The van der Waals surface area contributed by atoms with Crippen LogP contribution in [0.3, 0.4) is 0 Å². The van der Waals surface area contributed by atoms with E-state index in [2.05, 4.69) is 10.5 Å². The number of carbonyl (C=O) groups excluding carboxylic acids is 3. The summed E-state index contributed by atoms with van der Waals surface area (Å²) in [5, 5.41) is 8.18. The zero-order valence-corrected chi connectivity index (χ0v) is 23.9. The third-order valence-electron chi connectivity index (χ3n) is 6.93. The molecule has 1 aliphatic rings. The molecule has 5 rings (SSSR count). The minimum absolute atomic E-state index is 0.172. The van der Waals surface area contributed by atoms with Gasteiger partial charge in [0.05, 0.1) is 24.5 Å². The number of halogens is 3. The third-order valence-corrected chi connectivity index (χ3v) is 6.93. The molecule has 0 bridgehead atoms. The van der Waals surface area contributed by atoms with E-state index in [1.54, 1.807) is 42.5 Å². The number of nitrogens with two attached hydrogens (primary N) is 1. The highest BCUT2D eigenvalue weighted by molar-refractivity contribution is 6.30. The van der Waals surface area contributed by atoms with Crippen molar-refractivity contribution < 1.29 is 47.0 Å². The lowest BCUT2D eigenvalue weighted by Gasteiger charge is -2.20. The van der Waals surface area contributed by atoms with Crippen LogP contribution in [-0.4, -0.2) is 59.0 Å². The maximum atomic E-state index is 13.0. The van der Waals surface area contributed by atoms with Crippen molar-refractivity contribution >= 4 is 40.1 Å². The lowest BCUT2D eigenvalue weighted by Crippen LogP contribution is -2.34. The number of aliphatic carboxylic acids is 1. The molecule has 0 aliphatic heterocycles. The van der Waals surface area contributed by atoms with Crippen LogP contribution in [0, 0.1) is 0 Å². The quantitative estimate of drug-likeness (QED) is 0.0878. The Morgan fingerprint density at radius 3 is 2.20 bits per heavy atom. The average Bonchev–Trinajstić information content (AvgIpc) is 3.43. The fraction of sp³-hybridized carbons (Fsp3) is 0.250. The summed E-state index contributed by atoms with van der Waals surface area (Å²) in [6.07, 6.45) is -0.616. The molecule has 0 radical (unpaired) electrons. The number of para-hydroxylation sites is 1. The standard InChI is InChI=1S/C30H29N3O5.C2HF3O2/c31-24(17-19-18-32-25-13-5-4-9-20(19)25)30(36)37-15-6-1-7-16-38-33-26-14-8-12-23-27(26)29(35)22-11-3-2-10-21(22)28(23)34;3-2(4,5)1(6)7/h2-5,8-14,18,24,32-33H,1,6-7,15-17,31H2;(H,6,7)/t24-;/m0./s1. The second-order valence-corrected chi connectivity index (χ2v) is 10.1. The molecular weight excluding hydrogens is 595 g/mol. The number of ether oxygens (including phenoxy) is 1. The smallest absolute Gasteiger partial charge is 0.475 e. The summed E-state index contributed by atoms with van der Waals surface area (Å²) in [5.74, 6) is -3.54. The number of carboxylic acid groups (broad SMARTS) is 1. The number of ketones is 2. The molecule has 1 heterocycles. The van der Waals surface area contributed by atoms with Gasteiger partial charge in [0.2, 0.25) is 0 Å². The second-order valence-electron chi connectivity index (χ2n) is 10.1. The van der Waals surface area contributed by atoms with Crippen LogP contribution < -0.4 is 11.2 Å². The summed E-state index contributed by atoms with van der Waals surface area (Å²) in [5.41, 5.74) is 12.9. The Morgan fingerprint density at radius 1 is 0.867 bits per heavy atom. The van der Waals surface area contributed by atoms with Gasteiger partial charge in [-0.3, -0.25) is 24.7 Å². The molecule has 0 fully saturated rings. The summed E-state index contributed by atoms with van der Waals surface area (Å²) in [6, 6.07) is 19.1. The molecule has 10 nitrogen and oxygen atoms in total. The van der Waals surface area contributed by atoms with E-state index in [1.807, 2.05) is 30.5 Å². The Morgan fingerprint density at radius 2 is 1.49 bits per heavy atom. The molecule has 0 unspecified atom stereocenters. The Hall–Kier alpha value is -5.01. The fourth-order valence-electron chi connectivity index (χ4n) is 4.71. The molecule has 0 amide bonds. The molecule has 0 saturated carbocycles. The van der Waals surface area contributed by atoms with E-state index in [0.717, 1.165) is 29.3 Å². The molecule has 1 atom stereocenters. The van der Waals surface area contributed by atoms with Crippen molar-refractivity contribution in [3.63, 3.8) is 0 Å². The van der Waals surface area contributed by atoms with Crippen molar-refractivity contribution in [3.05, 3.63) is 101 Å². The minimum atomic E-state index is -5.08. The topological polar surface area (TPSA) is 161 Å². The van der Waals surface area contributed by atoms with Gasteiger partial charge >= 0.3 is 18.1 Å². The van der Waals surface area contributed by atoms with Gasteiger partial charge in [0.25, 0.3) is 0 Å². The number of nitrogens with one attached hydrogen (secondary N) is 2. The van der Waals surface area contributed by atoms with Crippen LogP contribution in [0.4, 0.5) is 18.9 Å². The van der Waals surface area contributed by atoms with Gasteiger partial charge < -0.3 is 20.6 Å². The average molecular weight is 626 g/mol. The predicted molar refractivity (Wildman–Crippen MR) is 158 cm³/mol. The van der Waals surface area contributed by atoms with Crippen LogP contribution in [-0.2, 0) is 25.6 Å². The van der Waals surface area contributed by atoms with E-state index in [4.69, 9.17) is 25.2 Å². The number of esters is 1. The molecule has 0 spiro atoms. The summed E-state index contributed by atoms with van der Waals surface area (Å²) >= 11 is 0. The molecule has 1 aromatic heterocycles. The molecule has 0 saturated heterocycles. The number of anilines is 1. The van der Waals surface area contributed by atoms with Crippen molar-refractivity contribution in [2.24, 2.45) is 5.73 Å². The molecule has 3 aromatic carbocycles. The van der Waals surface area contributed by atoms with E-state index in [-0.39, 0.29) is 18.2 Å². The van der Waals surface area contributed by atoms with E-state index < -0.39 is 24.2 Å². The van der Waals surface area contributed by atoms with Crippen molar-refractivity contribution in [1.82, 2.24) is 4.98 Å². The van der Waals surface area contributed by atoms with Gasteiger partial charge in [-0.05, 0) is 37.0 Å². The van der Waals surface area contributed by atoms with Gasteiger partial charge in [0, 0.05) is 40.2 Å². The van der Waals surface area contributed by atoms with Gasteiger partial charge in [0.15, 0.2) is 11.6 Å². The number of H-pyrrole nitrogens is 1. The highest BCUT2D eigenvalue weighted by Gasteiger charge is 2.38. The summed E-state index contributed by atoms with van der Waals surface area (Å²) in [4.78, 5) is 55.8. The number of aromatic amines is 1. The Balaban J connectivity index is 0.000000591. The zero-order chi connectivity index (χ0) is 32.6. The number of aromatic nitrogens is 1. The van der Waals surface area contributed by atoms with E-state index >= 15 is 0 Å². The van der Waals surface area contributed by atoms with Crippen molar-refractivity contribution in [3.8, 4) is 0 Å². The lowest BCUT2D eigenvalue weighted by molar-refractivity contribution is -0.192. The van der Waals surface area contributed by atoms with Gasteiger partial charge in [0.1, 0.15) is 6.04 Å². The minimum Gasteiger partial charge on any atom is -0.475 e. The first kappa shape index (κ1) is 32.9. The number of benzene rings is 3. The number of alkyl halides is 3. The third kappa shape index (κ3) is 8.13. The fourth-order valence-corrected chi connectivity index (χ4v) is 4.71. The lowest BCUT2D eigenvalue weighted by atomic mass is 9.83. The van der Waals surface area contributed by atoms with Gasteiger partial charge in [-0.2, -0.15) is 13.2 Å². The molecule has 13 heteroatoms. The van der Waals surface area contributed by atoms with E-state index in [9.17, 15) is 27.6 Å². The van der Waals surface area contributed by atoms with Crippen LogP contribution in [0.15, 0.2) is 72.9 Å². The number of hydrogen-bond donors (Lipinski definition) is 4. The summed E-state index contributed by atoms with van der Waals surface area (Å²) < 4.78 is 37.1. The first-order valence-corrected chi connectivity index (χ1v) is 14.0. The number of carbonyl (C=O) groups is 4. The van der Waals surface area contributed by atoms with Gasteiger partial charge in [-0.25, -0.2) is 4.79 Å². The normalized spacial score (nSPS) is 12.9. The highest BCUT2D eigenvalue weighted by atomic mass is 19.4. The molecule has 1 aliphatic carbocycles. The van der Waals surface area contributed by atoms with Crippen LogP contribution >= 0.6 is 0 Å². The number of unbranched alkanes of at least 4 members (excludes halogenated alkanes) is 2. The largest absolute Gasteiger partial charge is 0.490 e. The molecule has 236 valence electrons. The maximum absolute atomic E-state index is 13.0. The highest BCUT2D eigenvalue weighted by Crippen LogP contribution is 2.32. The monoisotopic (exact) mass is 625 g/mol. The van der Waals surface area contributed by atoms with Crippen molar-refractivity contribution in [1.29, 1.82) is 0 Å². The predicted octanol–water partition coefficient (Wildman–Crippen LogP) is 5.20. The Bertz CT molecular complexity index is 1700. The van der Waals surface area contributed by atoms with Gasteiger partial charge in [-0.15, -0.1) is 0 Å². The van der Waals surface area contributed by atoms with Gasteiger partial charge in [-0.1, -0.05) is 54.6 Å². The van der Waals surface area contributed by atoms with Crippen molar-refractivity contribution in [2.75, 3.05) is 18.7 Å². The van der Waals surface area contributed by atoms with Crippen LogP contribution in [0.2, 0.25) is 0 Å². The Kier molecular flexibility index (Phi) is 10.7. The summed E-state index contributed by atoms with van der Waals surface area (Å²) in [7, 11) is 0. The van der Waals surface area contributed by atoms with Crippen LogP contribution in [0.1, 0.15) is 56.7 Å². The van der Waals surface area contributed by atoms with E-state index in [0.29, 0.717) is 47.4 Å². The maximum Gasteiger partial charge on any atom is 0.490 e. The molecule has 4 aromatic rings. The Labute approximate surface area is 255 Å². The zero-order valence-electron chi connectivity index (χ0n) is 23.9. The van der Waals surface area contributed by atoms with Crippen molar-refractivity contribution in [2.45, 2.75) is 37.9 Å². The first-order valence-electron chi connectivity index (χ1n) is 14.0. The van der Waals surface area contributed by atoms with Crippen LogP contribution in [0.25, 0.3) is 10.9 Å². The molecule has 45 heavy (non-hydrogen) atoms. The SMILES string of the molecule is N[C@@H](Cc1c[nH]c2ccccc12)C(=O)OCCCCCONc1cccc2c1C(=O)c1ccccc1C2=O.O=C(O)C(F)(F)F. The molecule has 5 N–H and O–H groups in total. The second kappa shape index (κ2) is 14.6.